The van der Waals surface area contributed by atoms with Gasteiger partial charge in [-0.05, 0) is 56.0 Å². The van der Waals surface area contributed by atoms with E-state index >= 15 is 0 Å². The van der Waals surface area contributed by atoms with Crippen LogP contribution in [-0.4, -0.2) is 70.6 Å². The van der Waals surface area contributed by atoms with Crippen LogP contribution in [-0.2, 0) is 4.79 Å². The van der Waals surface area contributed by atoms with Gasteiger partial charge >= 0.3 is 0 Å². The molecule has 2 aliphatic heterocycles. The lowest BCUT2D eigenvalue weighted by Crippen LogP contribution is -2.53. The van der Waals surface area contributed by atoms with Crippen molar-refractivity contribution in [2.45, 2.75) is 82.5 Å². The Morgan fingerprint density at radius 2 is 1.86 bits per heavy atom. The van der Waals surface area contributed by atoms with E-state index in [1.54, 1.807) is 0 Å². The van der Waals surface area contributed by atoms with E-state index < -0.39 is 6.10 Å². The van der Waals surface area contributed by atoms with Crippen LogP contribution in [0.3, 0.4) is 0 Å². The van der Waals surface area contributed by atoms with Crippen LogP contribution in [0.2, 0.25) is 0 Å². The van der Waals surface area contributed by atoms with E-state index in [2.05, 4.69) is 10.2 Å². The van der Waals surface area contributed by atoms with Crippen LogP contribution in [0, 0.1) is 6.92 Å². The summed E-state index contributed by atoms with van der Waals surface area (Å²) >= 11 is 1.51. The summed E-state index contributed by atoms with van der Waals surface area (Å²) in [6.07, 6.45) is 7.59. The number of hydrogen-bond acceptors (Lipinski definition) is 5. The van der Waals surface area contributed by atoms with E-state index in [1.807, 2.05) is 23.3 Å². The Labute approximate surface area is 177 Å². The molecule has 1 aromatic heterocycles. The third-order valence-corrected chi connectivity index (χ3v) is 7.85. The Kier molecular flexibility index (Phi) is 6.56. The van der Waals surface area contributed by atoms with E-state index in [0.717, 1.165) is 36.1 Å². The van der Waals surface area contributed by atoms with Crippen molar-refractivity contribution in [1.29, 1.82) is 0 Å². The Hall–Kier alpha value is -1.44. The van der Waals surface area contributed by atoms with Crippen LogP contribution >= 0.6 is 11.3 Å². The largest absolute Gasteiger partial charge is 0.392 e. The molecule has 2 atom stereocenters. The molecule has 3 aliphatic rings. The Morgan fingerprint density at radius 3 is 2.52 bits per heavy atom. The lowest BCUT2D eigenvalue weighted by atomic mass is 9.95. The van der Waals surface area contributed by atoms with Crippen molar-refractivity contribution in [3.63, 3.8) is 0 Å². The maximum Gasteiger partial charge on any atom is 0.264 e. The molecular formula is C22H33N3O3S. The van der Waals surface area contributed by atoms with Gasteiger partial charge in [0.25, 0.3) is 5.91 Å². The van der Waals surface area contributed by atoms with Gasteiger partial charge in [-0.1, -0.05) is 19.3 Å². The highest BCUT2D eigenvalue weighted by Crippen LogP contribution is 2.28. The monoisotopic (exact) mass is 419 g/mol. The van der Waals surface area contributed by atoms with Crippen molar-refractivity contribution < 1.29 is 14.7 Å². The zero-order valence-electron chi connectivity index (χ0n) is 17.3. The number of nitrogens with one attached hydrogen (secondary N) is 1. The minimum Gasteiger partial charge on any atom is -0.392 e. The number of hydrogen-bond donors (Lipinski definition) is 2. The number of aliphatic hydroxyl groups is 1. The molecule has 7 heteroatoms. The van der Waals surface area contributed by atoms with Crippen molar-refractivity contribution in [3.05, 3.63) is 21.9 Å². The quantitative estimate of drug-likeness (QED) is 0.787. The Morgan fingerprint density at radius 1 is 1.14 bits per heavy atom. The van der Waals surface area contributed by atoms with Gasteiger partial charge in [0, 0.05) is 31.7 Å². The molecule has 1 saturated carbocycles. The van der Waals surface area contributed by atoms with Crippen LogP contribution in [0.25, 0.3) is 0 Å². The summed E-state index contributed by atoms with van der Waals surface area (Å²) in [5.41, 5.74) is 1.05. The predicted molar refractivity (Wildman–Crippen MR) is 114 cm³/mol. The fourth-order valence-electron chi connectivity index (χ4n) is 5.18. The van der Waals surface area contributed by atoms with Crippen molar-refractivity contribution in [2.24, 2.45) is 0 Å². The number of β-amino-alcohol motifs (C(OH)–C–C–N with tert-alkyl or cyclic N) is 1. The van der Waals surface area contributed by atoms with Crippen molar-refractivity contribution in [2.75, 3.05) is 19.6 Å². The van der Waals surface area contributed by atoms with Crippen molar-refractivity contribution in [3.8, 4) is 0 Å². The molecule has 0 aromatic carbocycles. The van der Waals surface area contributed by atoms with Gasteiger partial charge in [-0.25, -0.2) is 0 Å². The minimum atomic E-state index is -0.439. The first kappa shape index (κ1) is 20.8. The van der Waals surface area contributed by atoms with Crippen LogP contribution in [0.1, 0.15) is 66.6 Å². The number of carbonyl (C=O) groups is 2. The molecule has 2 amide bonds. The fourth-order valence-corrected chi connectivity index (χ4v) is 6.07. The minimum absolute atomic E-state index is 0.0844. The second-order valence-electron chi connectivity index (χ2n) is 8.90. The van der Waals surface area contributed by atoms with Crippen LogP contribution in [0.15, 0.2) is 11.4 Å². The summed E-state index contributed by atoms with van der Waals surface area (Å²) in [6.45, 7) is 3.97. The zero-order chi connectivity index (χ0) is 20.4. The van der Waals surface area contributed by atoms with Crippen molar-refractivity contribution >= 4 is 23.2 Å². The molecule has 3 heterocycles. The Balaban J connectivity index is 1.34. The van der Waals surface area contributed by atoms with Gasteiger partial charge in [-0.3, -0.25) is 14.5 Å². The molecule has 0 radical (unpaired) electrons. The number of carbonyl (C=O) groups excluding carboxylic acids is 2. The van der Waals surface area contributed by atoms with Gasteiger partial charge in [0.2, 0.25) is 5.91 Å². The molecule has 3 fully saturated rings. The van der Waals surface area contributed by atoms with E-state index in [9.17, 15) is 14.7 Å². The lowest BCUT2D eigenvalue weighted by Gasteiger charge is -2.39. The summed E-state index contributed by atoms with van der Waals surface area (Å²) < 4.78 is 0. The van der Waals surface area contributed by atoms with Gasteiger partial charge < -0.3 is 15.3 Å². The van der Waals surface area contributed by atoms with Crippen LogP contribution < -0.4 is 5.32 Å². The van der Waals surface area contributed by atoms with Crippen LogP contribution in [0.5, 0.6) is 0 Å². The molecule has 6 nitrogen and oxygen atoms in total. The third-order valence-electron chi connectivity index (χ3n) is 6.85. The highest BCUT2D eigenvalue weighted by molar-refractivity contribution is 7.12. The number of nitrogens with zero attached hydrogens (tertiary/aromatic N) is 2. The molecule has 2 saturated heterocycles. The smallest absolute Gasteiger partial charge is 0.264 e. The average molecular weight is 420 g/mol. The molecule has 4 rings (SSSR count). The summed E-state index contributed by atoms with van der Waals surface area (Å²) in [5, 5.41) is 15.5. The average Bonchev–Trinajstić information content (AvgIpc) is 3.34. The van der Waals surface area contributed by atoms with E-state index in [-0.39, 0.29) is 23.9 Å². The molecule has 1 aliphatic carbocycles. The molecule has 0 unspecified atom stereocenters. The maximum absolute atomic E-state index is 13.0. The number of likely N-dealkylation sites (tertiary alicyclic amines) is 2. The summed E-state index contributed by atoms with van der Waals surface area (Å²) in [5.74, 6) is 0.213. The van der Waals surface area contributed by atoms with Gasteiger partial charge in [0.05, 0.1) is 17.0 Å². The number of amides is 2. The second kappa shape index (κ2) is 9.14. The summed E-state index contributed by atoms with van der Waals surface area (Å²) in [4.78, 5) is 30.7. The number of aryl methyl sites for hydroxylation is 1. The Bertz CT molecular complexity index is 723. The zero-order valence-corrected chi connectivity index (χ0v) is 18.1. The molecule has 29 heavy (non-hydrogen) atoms. The molecule has 1 aromatic rings. The van der Waals surface area contributed by atoms with E-state index in [0.29, 0.717) is 32.1 Å². The lowest BCUT2D eigenvalue weighted by molar-refractivity contribution is -0.127. The first-order chi connectivity index (χ1) is 14.0. The van der Waals surface area contributed by atoms with Crippen LogP contribution in [0.4, 0.5) is 0 Å². The second-order valence-corrected chi connectivity index (χ2v) is 9.82. The first-order valence-electron chi connectivity index (χ1n) is 11.1. The summed E-state index contributed by atoms with van der Waals surface area (Å²) in [6, 6.07) is 2.30. The van der Waals surface area contributed by atoms with Gasteiger partial charge in [0.1, 0.15) is 0 Å². The van der Waals surface area contributed by atoms with Gasteiger partial charge in [-0.15, -0.1) is 11.3 Å². The molecule has 2 N–H and O–H groups in total. The third kappa shape index (κ3) is 4.67. The number of thiophene rings is 1. The highest BCUT2D eigenvalue weighted by atomic mass is 32.1. The van der Waals surface area contributed by atoms with Gasteiger partial charge in [-0.2, -0.15) is 0 Å². The maximum atomic E-state index is 13.0. The number of rotatable bonds is 4. The molecule has 0 bridgehead atoms. The number of piperidine rings is 1. The normalized spacial score (nSPS) is 27.3. The molecule has 160 valence electrons. The van der Waals surface area contributed by atoms with Gasteiger partial charge in [0.15, 0.2) is 0 Å². The van der Waals surface area contributed by atoms with Crippen molar-refractivity contribution in [1.82, 2.24) is 15.1 Å². The molecular weight excluding hydrogens is 386 g/mol. The fraction of sp³-hybridized carbons (Fsp3) is 0.727. The number of aliphatic hydroxyl groups excluding tert-OH is 1. The predicted octanol–water partition coefficient (Wildman–Crippen LogP) is 2.55. The highest BCUT2D eigenvalue weighted by Gasteiger charge is 2.41. The first-order valence-corrected chi connectivity index (χ1v) is 12.0. The summed E-state index contributed by atoms with van der Waals surface area (Å²) in [7, 11) is 0. The van der Waals surface area contributed by atoms with E-state index in [1.165, 1.54) is 30.6 Å². The topological polar surface area (TPSA) is 72.9 Å². The standard InChI is InChI=1S/C22H33N3O3S/c1-15-9-12-29-20(15)22(28)24-10-7-17(8-11-24)25-14-18(26)13-19(25)21(27)23-16-5-3-2-4-6-16/h9,12,16-19,26H,2-8,10-11,13-14H2,1H3,(H,23,27)/t18-,19+/m1/s1. The SMILES string of the molecule is Cc1ccsc1C(=O)N1CCC(N2C[C@H](O)C[C@H]2C(=O)NC2CCCCC2)CC1. The molecule has 0 spiro atoms. The van der Waals surface area contributed by atoms with E-state index in [4.69, 9.17) is 0 Å².